The molecule has 0 unspecified atom stereocenters. The number of carbonyl (C=O) groups excluding carboxylic acids is 1. The van der Waals surface area contributed by atoms with E-state index in [-0.39, 0.29) is 5.91 Å². The Labute approximate surface area is 129 Å². The lowest BCUT2D eigenvalue weighted by atomic mass is 10.2. The molecule has 0 atom stereocenters. The summed E-state index contributed by atoms with van der Waals surface area (Å²) >= 11 is 1.56. The number of methoxy groups -OCH3 is 1. The fraction of sp³-hybridized carbons (Fsp3) is 0.235. The lowest BCUT2D eigenvalue weighted by Gasteiger charge is -2.08. The summed E-state index contributed by atoms with van der Waals surface area (Å²) in [6, 6.07) is 13.6. The molecule has 0 radical (unpaired) electrons. The van der Waals surface area contributed by atoms with Gasteiger partial charge in [-0.15, -0.1) is 11.8 Å². The first kappa shape index (κ1) is 15.4. The Morgan fingerprint density at radius 1 is 1.19 bits per heavy atom. The van der Waals surface area contributed by atoms with Crippen molar-refractivity contribution in [3.8, 4) is 5.75 Å². The van der Waals surface area contributed by atoms with E-state index in [0.29, 0.717) is 5.75 Å². The van der Waals surface area contributed by atoms with Crippen molar-refractivity contribution in [1.29, 1.82) is 0 Å². The van der Waals surface area contributed by atoms with Gasteiger partial charge in [0.15, 0.2) is 0 Å². The molecule has 0 aliphatic heterocycles. The lowest BCUT2D eigenvalue weighted by molar-refractivity contribution is -0.113. The molecule has 0 saturated heterocycles. The smallest absolute Gasteiger partial charge is 0.234 e. The predicted molar refractivity (Wildman–Crippen MR) is 88.3 cm³/mol. The van der Waals surface area contributed by atoms with Crippen LogP contribution in [0.5, 0.6) is 5.75 Å². The molecule has 2 aromatic carbocycles. The van der Waals surface area contributed by atoms with E-state index in [1.807, 2.05) is 18.2 Å². The molecule has 0 fully saturated rings. The van der Waals surface area contributed by atoms with Gasteiger partial charge in [0, 0.05) is 16.6 Å². The molecule has 0 aromatic heterocycles. The third-order valence-electron chi connectivity index (χ3n) is 3.06. The summed E-state index contributed by atoms with van der Waals surface area (Å²) in [5.74, 6) is 1.10. The highest BCUT2D eigenvalue weighted by Gasteiger charge is 2.06. The highest BCUT2D eigenvalue weighted by atomic mass is 32.2. The van der Waals surface area contributed by atoms with E-state index in [2.05, 4.69) is 37.4 Å². The maximum atomic E-state index is 12.0. The van der Waals surface area contributed by atoms with Gasteiger partial charge in [0.25, 0.3) is 0 Å². The van der Waals surface area contributed by atoms with Gasteiger partial charge >= 0.3 is 0 Å². The van der Waals surface area contributed by atoms with Crippen molar-refractivity contribution in [2.24, 2.45) is 0 Å². The highest BCUT2D eigenvalue weighted by molar-refractivity contribution is 8.00. The van der Waals surface area contributed by atoms with Crippen molar-refractivity contribution in [2.45, 2.75) is 18.7 Å². The SMILES string of the molecule is COc1cccc(NC(=O)CSc2cc(C)ccc2C)c1. The number of benzene rings is 2. The van der Waals surface area contributed by atoms with Gasteiger partial charge in [0.2, 0.25) is 5.91 Å². The van der Waals surface area contributed by atoms with Crippen LogP contribution in [0.2, 0.25) is 0 Å². The molecule has 0 bridgehead atoms. The van der Waals surface area contributed by atoms with Crippen LogP contribution < -0.4 is 10.1 Å². The number of thioether (sulfide) groups is 1. The van der Waals surface area contributed by atoms with E-state index in [9.17, 15) is 4.79 Å². The van der Waals surface area contributed by atoms with Crippen LogP contribution in [0.4, 0.5) is 5.69 Å². The zero-order chi connectivity index (χ0) is 15.2. The van der Waals surface area contributed by atoms with Crippen molar-refractivity contribution in [3.05, 3.63) is 53.6 Å². The zero-order valence-electron chi connectivity index (χ0n) is 12.5. The van der Waals surface area contributed by atoms with Crippen LogP contribution in [0.3, 0.4) is 0 Å². The van der Waals surface area contributed by atoms with E-state index >= 15 is 0 Å². The first-order valence-electron chi connectivity index (χ1n) is 6.72. The number of hydrogen-bond donors (Lipinski definition) is 1. The monoisotopic (exact) mass is 301 g/mol. The molecule has 1 N–H and O–H groups in total. The molecule has 4 heteroatoms. The van der Waals surface area contributed by atoms with Crippen LogP contribution in [0, 0.1) is 13.8 Å². The minimum absolute atomic E-state index is 0.0193. The van der Waals surface area contributed by atoms with Crippen LogP contribution >= 0.6 is 11.8 Å². The second kappa shape index (κ2) is 7.18. The Hall–Kier alpha value is -1.94. The minimum atomic E-state index is -0.0193. The van der Waals surface area contributed by atoms with Crippen LogP contribution in [0.25, 0.3) is 0 Å². The van der Waals surface area contributed by atoms with Crippen molar-refractivity contribution in [2.75, 3.05) is 18.2 Å². The van der Waals surface area contributed by atoms with Gasteiger partial charge in [-0.25, -0.2) is 0 Å². The summed E-state index contributed by atoms with van der Waals surface area (Å²) < 4.78 is 5.14. The van der Waals surface area contributed by atoms with Crippen LogP contribution in [0.15, 0.2) is 47.4 Å². The van der Waals surface area contributed by atoms with Gasteiger partial charge in [0.05, 0.1) is 12.9 Å². The Morgan fingerprint density at radius 3 is 2.76 bits per heavy atom. The third kappa shape index (κ3) is 4.53. The summed E-state index contributed by atoms with van der Waals surface area (Å²) in [7, 11) is 1.61. The van der Waals surface area contributed by atoms with Crippen molar-refractivity contribution in [1.82, 2.24) is 0 Å². The van der Waals surface area contributed by atoms with Gasteiger partial charge in [-0.3, -0.25) is 4.79 Å². The highest BCUT2D eigenvalue weighted by Crippen LogP contribution is 2.24. The molecule has 1 amide bonds. The first-order valence-corrected chi connectivity index (χ1v) is 7.71. The molecule has 110 valence electrons. The van der Waals surface area contributed by atoms with E-state index in [1.165, 1.54) is 11.1 Å². The number of ether oxygens (including phenoxy) is 1. The second-order valence-electron chi connectivity index (χ2n) is 4.84. The quantitative estimate of drug-likeness (QED) is 0.847. The van der Waals surface area contributed by atoms with E-state index < -0.39 is 0 Å². The minimum Gasteiger partial charge on any atom is -0.497 e. The van der Waals surface area contributed by atoms with E-state index in [1.54, 1.807) is 24.9 Å². The number of rotatable bonds is 5. The number of nitrogens with one attached hydrogen (secondary N) is 1. The average Bonchev–Trinajstić information content (AvgIpc) is 2.48. The standard InChI is InChI=1S/C17H19NO2S/c1-12-7-8-13(2)16(9-12)21-11-17(19)18-14-5-4-6-15(10-14)20-3/h4-10H,11H2,1-3H3,(H,18,19). The molecule has 0 heterocycles. The number of hydrogen-bond acceptors (Lipinski definition) is 3. The van der Waals surface area contributed by atoms with Crippen molar-refractivity contribution < 1.29 is 9.53 Å². The first-order chi connectivity index (χ1) is 10.1. The Morgan fingerprint density at radius 2 is 2.00 bits per heavy atom. The molecular formula is C17H19NO2S. The molecule has 3 nitrogen and oxygen atoms in total. The van der Waals surface area contributed by atoms with Gasteiger partial charge in [-0.2, -0.15) is 0 Å². The summed E-state index contributed by atoms with van der Waals surface area (Å²) in [4.78, 5) is 13.2. The fourth-order valence-corrected chi connectivity index (χ4v) is 2.83. The summed E-state index contributed by atoms with van der Waals surface area (Å²) in [6.07, 6.45) is 0. The molecule has 0 saturated carbocycles. The van der Waals surface area contributed by atoms with Crippen molar-refractivity contribution in [3.63, 3.8) is 0 Å². The Kier molecular flexibility index (Phi) is 5.28. The van der Waals surface area contributed by atoms with Crippen LogP contribution in [0.1, 0.15) is 11.1 Å². The maximum Gasteiger partial charge on any atom is 0.234 e. The largest absolute Gasteiger partial charge is 0.497 e. The predicted octanol–water partition coefficient (Wildman–Crippen LogP) is 4.04. The van der Waals surface area contributed by atoms with Crippen LogP contribution in [-0.2, 0) is 4.79 Å². The van der Waals surface area contributed by atoms with E-state index in [0.717, 1.165) is 16.3 Å². The lowest BCUT2D eigenvalue weighted by Crippen LogP contribution is -2.14. The second-order valence-corrected chi connectivity index (χ2v) is 5.85. The molecule has 21 heavy (non-hydrogen) atoms. The molecule has 0 spiro atoms. The average molecular weight is 301 g/mol. The normalized spacial score (nSPS) is 10.2. The zero-order valence-corrected chi connectivity index (χ0v) is 13.3. The van der Waals surface area contributed by atoms with Crippen LogP contribution in [-0.4, -0.2) is 18.8 Å². The van der Waals surface area contributed by atoms with Crippen molar-refractivity contribution >= 4 is 23.4 Å². The number of anilines is 1. The van der Waals surface area contributed by atoms with Gasteiger partial charge in [0.1, 0.15) is 5.75 Å². The molecule has 2 aromatic rings. The number of amides is 1. The topological polar surface area (TPSA) is 38.3 Å². The Balaban J connectivity index is 1.94. The number of aryl methyl sites for hydroxylation is 2. The molecule has 2 rings (SSSR count). The van der Waals surface area contributed by atoms with Gasteiger partial charge in [-0.05, 0) is 37.6 Å². The van der Waals surface area contributed by atoms with Gasteiger partial charge < -0.3 is 10.1 Å². The summed E-state index contributed by atoms with van der Waals surface area (Å²) in [6.45, 7) is 4.11. The fourth-order valence-electron chi connectivity index (χ4n) is 1.90. The Bertz CT molecular complexity index is 640. The summed E-state index contributed by atoms with van der Waals surface area (Å²) in [5, 5.41) is 2.88. The van der Waals surface area contributed by atoms with E-state index in [4.69, 9.17) is 4.74 Å². The molecule has 0 aliphatic rings. The molecule has 0 aliphatic carbocycles. The summed E-state index contributed by atoms with van der Waals surface area (Å²) in [5.41, 5.74) is 3.15. The molecular weight excluding hydrogens is 282 g/mol. The maximum absolute atomic E-state index is 12.0. The number of carbonyl (C=O) groups is 1. The third-order valence-corrected chi connectivity index (χ3v) is 4.21. The van der Waals surface area contributed by atoms with Gasteiger partial charge in [-0.1, -0.05) is 23.8 Å².